The molecule has 0 fully saturated rings. The van der Waals surface area contributed by atoms with Crippen molar-refractivity contribution >= 4 is 36.5 Å². The van der Waals surface area contributed by atoms with Crippen molar-refractivity contribution in [2.45, 2.75) is 38.3 Å². The summed E-state index contributed by atoms with van der Waals surface area (Å²) in [6, 6.07) is 9.12. The second-order valence-electron chi connectivity index (χ2n) is 7.09. The number of imide groups is 1. The zero-order chi connectivity index (χ0) is 20.6. The van der Waals surface area contributed by atoms with Gasteiger partial charge in [0.2, 0.25) is 6.41 Å². The van der Waals surface area contributed by atoms with E-state index >= 15 is 0 Å². The van der Waals surface area contributed by atoms with E-state index in [4.69, 9.17) is 11.6 Å². The Morgan fingerprint density at radius 1 is 1.28 bits per heavy atom. The molecule has 152 valence electrons. The molecule has 2 unspecified atom stereocenters. The summed E-state index contributed by atoms with van der Waals surface area (Å²) in [5, 5.41) is 0.507. The predicted molar refractivity (Wildman–Crippen MR) is 116 cm³/mol. The summed E-state index contributed by atoms with van der Waals surface area (Å²) >= 11 is 5.97. The Balaban J connectivity index is 1.46. The third kappa shape index (κ3) is 5.41. The topological polar surface area (TPSA) is 65.3 Å². The van der Waals surface area contributed by atoms with E-state index in [1.165, 1.54) is 4.90 Å². The number of unbranched alkanes of at least 4 members (excludes halogenated alkanes) is 1. The number of carbonyl (C=O) groups excluding carboxylic acids is 2. The number of aliphatic imine (C=N–C) groups is 2. The quantitative estimate of drug-likeness (QED) is 0.372. The third-order valence-electron chi connectivity index (χ3n) is 5.15. The van der Waals surface area contributed by atoms with E-state index in [1.807, 2.05) is 18.5 Å². The van der Waals surface area contributed by atoms with Crippen LogP contribution in [0.15, 0.2) is 63.2 Å². The standard InChI is InChI=1S/C22H25ClN4O2/c1-17-21(19-10-7-11-20(23)24-14-19)25-15-26(17)12-5-6-13-27(16-28)22(29)18-8-3-2-4-9-18/h2-4,8-11,14-17,21H,5-7,12-13H2,1H3. The van der Waals surface area contributed by atoms with Gasteiger partial charge in [-0.25, -0.2) is 4.99 Å². The number of halogens is 1. The molecule has 1 aromatic rings. The first-order chi connectivity index (χ1) is 14.1. The summed E-state index contributed by atoms with van der Waals surface area (Å²) in [6.07, 6.45) is 10.6. The summed E-state index contributed by atoms with van der Waals surface area (Å²) in [5.41, 5.74) is 1.60. The maximum atomic E-state index is 12.4. The van der Waals surface area contributed by atoms with E-state index in [0.717, 1.165) is 31.4 Å². The van der Waals surface area contributed by atoms with Gasteiger partial charge >= 0.3 is 0 Å². The molecule has 0 N–H and O–H groups in total. The fourth-order valence-electron chi connectivity index (χ4n) is 3.45. The molecule has 0 radical (unpaired) electrons. The maximum absolute atomic E-state index is 12.4. The van der Waals surface area contributed by atoms with Crippen LogP contribution in [0.5, 0.6) is 0 Å². The van der Waals surface area contributed by atoms with Gasteiger partial charge in [0.1, 0.15) is 5.16 Å². The summed E-state index contributed by atoms with van der Waals surface area (Å²) in [6.45, 7) is 3.36. The van der Waals surface area contributed by atoms with Gasteiger partial charge in [-0.05, 0) is 50.0 Å². The fraction of sp³-hybridized carbons (Fsp3) is 0.364. The average molecular weight is 413 g/mol. The molecule has 2 amide bonds. The third-order valence-corrected chi connectivity index (χ3v) is 5.40. The summed E-state index contributed by atoms with van der Waals surface area (Å²) in [5.74, 6) is -0.261. The number of benzene rings is 1. The molecular weight excluding hydrogens is 388 g/mol. The zero-order valence-corrected chi connectivity index (χ0v) is 17.2. The molecule has 0 spiro atoms. The molecule has 0 saturated carbocycles. The second-order valence-corrected chi connectivity index (χ2v) is 7.48. The van der Waals surface area contributed by atoms with E-state index < -0.39 is 0 Å². The van der Waals surface area contributed by atoms with Gasteiger partial charge < -0.3 is 4.90 Å². The molecule has 0 saturated heterocycles. The van der Waals surface area contributed by atoms with Gasteiger partial charge in [-0.3, -0.25) is 19.5 Å². The monoisotopic (exact) mass is 412 g/mol. The van der Waals surface area contributed by atoms with Gasteiger partial charge in [-0.1, -0.05) is 35.9 Å². The lowest BCUT2D eigenvalue weighted by Gasteiger charge is -2.25. The molecule has 6 nitrogen and oxygen atoms in total. The molecule has 3 rings (SSSR count). The van der Waals surface area contributed by atoms with Crippen LogP contribution < -0.4 is 0 Å². The van der Waals surface area contributed by atoms with Crippen LogP contribution in [0.3, 0.4) is 0 Å². The van der Waals surface area contributed by atoms with Crippen molar-refractivity contribution in [1.29, 1.82) is 0 Å². The Morgan fingerprint density at radius 3 is 2.83 bits per heavy atom. The molecule has 0 bridgehead atoms. The minimum atomic E-state index is -0.261. The molecule has 7 heteroatoms. The van der Waals surface area contributed by atoms with E-state index in [2.05, 4.69) is 27.9 Å². The summed E-state index contributed by atoms with van der Waals surface area (Å²) in [4.78, 5) is 36.0. The Morgan fingerprint density at radius 2 is 2.07 bits per heavy atom. The minimum Gasteiger partial charge on any atom is -0.358 e. The van der Waals surface area contributed by atoms with Crippen molar-refractivity contribution in [3.8, 4) is 0 Å². The normalized spacial score (nSPS) is 20.8. The van der Waals surface area contributed by atoms with Gasteiger partial charge in [-0.2, -0.15) is 0 Å². The van der Waals surface area contributed by atoms with Crippen LogP contribution in [0.25, 0.3) is 0 Å². The van der Waals surface area contributed by atoms with Crippen molar-refractivity contribution in [1.82, 2.24) is 9.80 Å². The second kappa shape index (κ2) is 10.2. The molecule has 29 heavy (non-hydrogen) atoms. The summed E-state index contributed by atoms with van der Waals surface area (Å²) < 4.78 is 0. The maximum Gasteiger partial charge on any atom is 0.260 e. The van der Waals surface area contributed by atoms with Gasteiger partial charge in [0.05, 0.1) is 18.4 Å². The van der Waals surface area contributed by atoms with Gasteiger partial charge in [-0.15, -0.1) is 0 Å². The van der Waals surface area contributed by atoms with Crippen molar-refractivity contribution in [3.05, 3.63) is 58.8 Å². The Hall–Kier alpha value is -2.73. The largest absolute Gasteiger partial charge is 0.358 e. The van der Waals surface area contributed by atoms with Crippen molar-refractivity contribution in [2.75, 3.05) is 13.1 Å². The number of hydrogen-bond acceptors (Lipinski definition) is 5. The van der Waals surface area contributed by atoms with Crippen LogP contribution in [-0.2, 0) is 4.79 Å². The Bertz CT molecular complexity index is 848. The van der Waals surface area contributed by atoms with E-state index in [1.54, 1.807) is 30.5 Å². The van der Waals surface area contributed by atoms with E-state index in [0.29, 0.717) is 23.7 Å². The molecule has 0 aliphatic carbocycles. The van der Waals surface area contributed by atoms with Gasteiger partial charge in [0.15, 0.2) is 0 Å². The SMILES string of the molecule is CC1C(C2=CCC=C(Cl)N=C2)N=CN1CCCCN(C=O)C(=O)c1ccccc1. The highest BCUT2D eigenvalue weighted by atomic mass is 35.5. The first-order valence-electron chi connectivity index (χ1n) is 9.80. The lowest BCUT2D eigenvalue weighted by molar-refractivity contribution is -0.116. The molecular formula is C22H25ClN4O2. The van der Waals surface area contributed by atoms with Gasteiger partial charge in [0, 0.05) is 24.9 Å². The minimum absolute atomic E-state index is 0.0425. The fourth-order valence-corrected chi connectivity index (χ4v) is 3.59. The Labute approximate surface area is 176 Å². The zero-order valence-electron chi connectivity index (χ0n) is 16.4. The highest BCUT2D eigenvalue weighted by Gasteiger charge is 2.28. The van der Waals surface area contributed by atoms with Crippen LogP contribution in [0.1, 0.15) is 36.5 Å². The highest BCUT2D eigenvalue weighted by Crippen LogP contribution is 2.23. The lowest BCUT2D eigenvalue weighted by atomic mass is 10.0. The molecule has 2 atom stereocenters. The van der Waals surface area contributed by atoms with Crippen molar-refractivity contribution in [3.63, 3.8) is 0 Å². The molecule has 0 aromatic heterocycles. The van der Waals surface area contributed by atoms with Crippen LogP contribution >= 0.6 is 11.6 Å². The van der Waals surface area contributed by atoms with Crippen LogP contribution in [0, 0.1) is 0 Å². The smallest absolute Gasteiger partial charge is 0.260 e. The number of amides is 2. The number of nitrogens with zero attached hydrogens (tertiary/aromatic N) is 4. The molecule has 2 aliphatic rings. The average Bonchev–Trinajstić information content (AvgIpc) is 2.96. The van der Waals surface area contributed by atoms with E-state index in [-0.39, 0.29) is 18.0 Å². The predicted octanol–water partition coefficient (Wildman–Crippen LogP) is 3.65. The highest BCUT2D eigenvalue weighted by molar-refractivity contribution is 6.30. The van der Waals surface area contributed by atoms with E-state index in [9.17, 15) is 9.59 Å². The first kappa shape index (κ1) is 21.0. The number of hydrogen-bond donors (Lipinski definition) is 0. The van der Waals surface area contributed by atoms with Crippen molar-refractivity contribution < 1.29 is 9.59 Å². The molecule has 2 aliphatic heterocycles. The Kier molecular flexibility index (Phi) is 7.36. The van der Waals surface area contributed by atoms with Crippen LogP contribution in [-0.4, -0.2) is 59.8 Å². The van der Waals surface area contributed by atoms with Crippen molar-refractivity contribution in [2.24, 2.45) is 9.98 Å². The van der Waals surface area contributed by atoms with Gasteiger partial charge in [0.25, 0.3) is 5.91 Å². The number of allylic oxidation sites excluding steroid dienone is 2. The number of rotatable bonds is 8. The lowest BCUT2D eigenvalue weighted by Crippen LogP contribution is -2.36. The van der Waals surface area contributed by atoms with Crippen LogP contribution in [0.2, 0.25) is 0 Å². The molecule has 2 heterocycles. The summed E-state index contributed by atoms with van der Waals surface area (Å²) in [7, 11) is 0. The number of carbonyl (C=O) groups is 2. The first-order valence-corrected chi connectivity index (χ1v) is 10.2. The molecule has 1 aromatic carbocycles. The van der Waals surface area contributed by atoms with Crippen LogP contribution in [0.4, 0.5) is 0 Å².